The third kappa shape index (κ3) is 6.31. The smallest absolute Gasteiger partial charge is 0.243 e. The second kappa shape index (κ2) is 10.6. The molecule has 196 valence electrons. The molecule has 1 heterocycles. The van der Waals surface area contributed by atoms with E-state index in [0.717, 1.165) is 17.4 Å². The van der Waals surface area contributed by atoms with Crippen LogP contribution in [0.2, 0.25) is 0 Å². The topological polar surface area (TPSA) is 95.1 Å². The van der Waals surface area contributed by atoms with Gasteiger partial charge in [0.2, 0.25) is 26.0 Å². The van der Waals surface area contributed by atoms with Gasteiger partial charge in [-0.25, -0.2) is 25.5 Å². The van der Waals surface area contributed by atoms with Gasteiger partial charge in [-0.3, -0.25) is 4.79 Å². The lowest BCUT2D eigenvalue weighted by atomic mass is 10.0. The Morgan fingerprint density at radius 1 is 0.917 bits per heavy atom. The van der Waals surface area contributed by atoms with Crippen molar-refractivity contribution in [2.24, 2.45) is 0 Å². The zero-order valence-corrected chi connectivity index (χ0v) is 22.1. The van der Waals surface area contributed by atoms with Crippen molar-refractivity contribution in [1.82, 2.24) is 13.5 Å². The highest BCUT2D eigenvalue weighted by Gasteiger charge is 2.41. The molecule has 0 N–H and O–H groups in total. The molecule has 1 aliphatic heterocycles. The highest BCUT2D eigenvalue weighted by Crippen LogP contribution is 2.32. The highest BCUT2D eigenvalue weighted by molar-refractivity contribution is 7.89. The Balaban J connectivity index is 1.57. The fraction of sp³-hybridized carbons (Fsp3) is 0.480. The van der Waals surface area contributed by atoms with E-state index in [0.29, 0.717) is 25.7 Å². The van der Waals surface area contributed by atoms with Crippen molar-refractivity contribution >= 4 is 26.0 Å². The SMILES string of the molecule is Cc1ccc(S(=O)(=O)N(CC(=O)N(Cc2ccc(F)cc2)C2CCN(S(C)(=O)=O)CC2)C2CC2)cc1. The minimum absolute atomic E-state index is 0.152. The molecule has 0 spiro atoms. The van der Waals surface area contributed by atoms with Crippen LogP contribution in [0.25, 0.3) is 0 Å². The zero-order valence-electron chi connectivity index (χ0n) is 20.5. The van der Waals surface area contributed by atoms with Crippen LogP contribution in [0.3, 0.4) is 0 Å². The Morgan fingerprint density at radius 3 is 2.03 bits per heavy atom. The van der Waals surface area contributed by atoms with Gasteiger partial charge in [0.25, 0.3) is 0 Å². The molecular weight excluding hydrogens is 505 g/mol. The van der Waals surface area contributed by atoms with Crippen LogP contribution in [0.4, 0.5) is 4.39 Å². The predicted octanol–water partition coefficient (Wildman–Crippen LogP) is 2.74. The second-order valence-electron chi connectivity index (χ2n) is 9.64. The molecule has 36 heavy (non-hydrogen) atoms. The Kier molecular flexibility index (Phi) is 7.84. The first-order valence-corrected chi connectivity index (χ1v) is 15.3. The van der Waals surface area contributed by atoms with Gasteiger partial charge >= 0.3 is 0 Å². The number of rotatable bonds is 9. The van der Waals surface area contributed by atoms with Crippen LogP contribution in [0, 0.1) is 12.7 Å². The van der Waals surface area contributed by atoms with E-state index in [9.17, 15) is 26.0 Å². The Morgan fingerprint density at radius 2 is 1.50 bits per heavy atom. The summed E-state index contributed by atoms with van der Waals surface area (Å²) in [4.78, 5) is 15.5. The fourth-order valence-corrected chi connectivity index (χ4v) is 7.04. The summed E-state index contributed by atoms with van der Waals surface area (Å²) in [5, 5.41) is 0. The first kappa shape index (κ1) is 26.7. The van der Waals surface area contributed by atoms with E-state index in [1.165, 1.54) is 20.7 Å². The van der Waals surface area contributed by atoms with E-state index in [1.54, 1.807) is 41.3 Å². The van der Waals surface area contributed by atoms with Gasteiger partial charge in [-0.15, -0.1) is 0 Å². The predicted molar refractivity (Wildman–Crippen MR) is 134 cm³/mol. The number of aryl methyl sites for hydroxylation is 1. The van der Waals surface area contributed by atoms with Crippen molar-refractivity contribution < 1.29 is 26.0 Å². The maximum absolute atomic E-state index is 13.7. The minimum atomic E-state index is -3.87. The largest absolute Gasteiger partial charge is 0.334 e. The Hall–Kier alpha value is -2.34. The Bertz CT molecular complexity index is 1290. The van der Waals surface area contributed by atoms with E-state index in [1.807, 2.05) is 6.92 Å². The first-order chi connectivity index (χ1) is 16.9. The Labute approximate surface area is 212 Å². The number of halogens is 1. The number of nitrogens with zero attached hydrogens (tertiary/aromatic N) is 3. The number of benzene rings is 2. The van der Waals surface area contributed by atoms with Gasteiger partial charge in [-0.05, 0) is 62.4 Å². The number of amides is 1. The van der Waals surface area contributed by atoms with Crippen LogP contribution in [0.1, 0.15) is 36.8 Å². The molecule has 8 nitrogen and oxygen atoms in total. The third-order valence-corrected chi connectivity index (χ3v) is 10.0. The monoisotopic (exact) mass is 537 g/mol. The summed E-state index contributed by atoms with van der Waals surface area (Å²) in [6.07, 6.45) is 3.44. The standard InChI is InChI=1S/C25H32FN3O5S2/c1-19-3-11-24(12-4-19)36(33,34)29(23-9-10-23)18-25(30)28(17-20-5-7-21(26)8-6-20)22-13-15-27(16-14-22)35(2,31)32/h3-8,11-12,22-23H,9-10,13-18H2,1-2H3. The second-order valence-corrected chi connectivity index (χ2v) is 13.5. The van der Waals surface area contributed by atoms with Crippen molar-refractivity contribution in [2.75, 3.05) is 25.9 Å². The van der Waals surface area contributed by atoms with Gasteiger partial charge in [0.1, 0.15) is 5.82 Å². The van der Waals surface area contributed by atoms with Crippen molar-refractivity contribution in [3.8, 4) is 0 Å². The van der Waals surface area contributed by atoms with Crippen molar-refractivity contribution in [3.63, 3.8) is 0 Å². The maximum atomic E-state index is 13.7. The summed E-state index contributed by atoms with van der Waals surface area (Å²) >= 11 is 0. The molecule has 11 heteroatoms. The lowest BCUT2D eigenvalue weighted by molar-refractivity contribution is -0.135. The first-order valence-electron chi connectivity index (χ1n) is 12.0. The molecule has 1 saturated heterocycles. The molecule has 0 unspecified atom stereocenters. The molecule has 1 aliphatic carbocycles. The summed E-state index contributed by atoms with van der Waals surface area (Å²) in [7, 11) is -7.21. The number of hydrogen-bond acceptors (Lipinski definition) is 5. The van der Waals surface area contributed by atoms with Crippen LogP contribution in [-0.2, 0) is 31.4 Å². The molecule has 1 amide bonds. The van der Waals surface area contributed by atoms with Crippen LogP contribution in [0.5, 0.6) is 0 Å². The summed E-state index contributed by atoms with van der Waals surface area (Å²) < 4.78 is 66.9. The molecule has 0 radical (unpaired) electrons. The fourth-order valence-electron chi connectivity index (χ4n) is 4.54. The van der Waals surface area contributed by atoms with Gasteiger partial charge in [0.05, 0.1) is 17.7 Å². The van der Waals surface area contributed by atoms with Gasteiger partial charge in [-0.2, -0.15) is 4.31 Å². The molecular formula is C25H32FN3O5S2. The molecule has 2 aliphatic rings. The average Bonchev–Trinajstić information content (AvgIpc) is 3.67. The summed E-state index contributed by atoms with van der Waals surface area (Å²) in [6.45, 7) is 2.33. The molecule has 4 rings (SSSR count). The number of carbonyl (C=O) groups is 1. The van der Waals surface area contributed by atoms with Crippen LogP contribution in [0.15, 0.2) is 53.4 Å². The molecule has 2 aromatic rings. The lowest BCUT2D eigenvalue weighted by Gasteiger charge is -2.38. The van der Waals surface area contributed by atoms with Crippen LogP contribution in [-0.4, -0.2) is 74.2 Å². The quantitative estimate of drug-likeness (QED) is 0.490. The molecule has 2 fully saturated rings. The number of sulfonamides is 2. The van der Waals surface area contributed by atoms with Crippen LogP contribution < -0.4 is 0 Å². The summed E-state index contributed by atoms with van der Waals surface area (Å²) in [5.41, 5.74) is 1.66. The average molecular weight is 538 g/mol. The number of carbonyl (C=O) groups excluding carboxylic acids is 1. The highest BCUT2D eigenvalue weighted by atomic mass is 32.2. The van der Waals surface area contributed by atoms with Gasteiger partial charge in [0.15, 0.2) is 0 Å². The summed E-state index contributed by atoms with van der Waals surface area (Å²) in [6, 6.07) is 11.9. The van der Waals surface area contributed by atoms with E-state index < -0.39 is 20.0 Å². The molecule has 0 atom stereocenters. The number of hydrogen-bond donors (Lipinski definition) is 0. The third-order valence-electron chi connectivity index (χ3n) is 6.79. The van der Waals surface area contributed by atoms with Gasteiger partial charge < -0.3 is 4.90 Å². The molecule has 1 saturated carbocycles. The van der Waals surface area contributed by atoms with Gasteiger partial charge in [-0.1, -0.05) is 29.8 Å². The zero-order chi connectivity index (χ0) is 26.1. The normalized spacial score (nSPS) is 17.9. The van der Waals surface area contributed by atoms with Gasteiger partial charge in [0, 0.05) is 31.7 Å². The minimum Gasteiger partial charge on any atom is -0.334 e. The number of piperidine rings is 1. The van der Waals surface area contributed by atoms with Crippen molar-refractivity contribution in [1.29, 1.82) is 0 Å². The molecule has 0 aromatic heterocycles. The van der Waals surface area contributed by atoms with E-state index in [2.05, 4.69) is 0 Å². The van der Waals surface area contributed by atoms with E-state index in [-0.39, 0.29) is 54.9 Å². The lowest BCUT2D eigenvalue weighted by Crippen LogP contribution is -2.51. The van der Waals surface area contributed by atoms with E-state index >= 15 is 0 Å². The van der Waals surface area contributed by atoms with Crippen LogP contribution >= 0.6 is 0 Å². The van der Waals surface area contributed by atoms with E-state index in [4.69, 9.17) is 0 Å². The van der Waals surface area contributed by atoms with Crippen molar-refractivity contribution in [2.45, 2.75) is 56.1 Å². The molecule has 0 bridgehead atoms. The molecule has 2 aromatic carbocycles. The summed E-state index contributed by atoms with van der Waals surface area (Å²) in [5.74, 6) is -0.734. The maximum Gasteiger partial charge on any atom is 0.243 e. The van der Waals surface area contributed by atoms with Crippen molar-refractivity contribution in [3.05, 3.63) is 65.5 Å².